The number of quaternary nitrogens is 1. The maximum Gasteiger partial charge on any atom is 0.472 e. The number of likely N-dealkylation sites (N-methyl/N-ethyl adjacent to an activating group) is 1. The first-order chi connectivity index (χ1) is 16.8. The fourth-order valence-corrected chi connectivity index (χ4v) is 4.80. The number of allylic oxidation sites excluding steroid dienone is 2. The molecule has 0 aromatic carbocycles. The lowest BCUT2D eigenvalue weighted by Gasteiger charge is -2.24. The Morgan fingerprint density at radius 3 is 1.40 bits per heavy atom. The highest BCUT2D eigenvalue weighted by Gasteiger charge is 2.21. The van der Waals surface area contributed by atoms with Gasteiger partial charge >= 0.3 is 7.82 Å². The van der Waals surface area contributed by atoms with E-state index in [1.807, 2.05) is 21.1 Å². The molecule has 0 amide bonds. The molecule has 1 unspecified atom stereocenters. The second-order valence-corrected chi connectivity index (χ2v) is 12.7. The summed E-state index contributed by atoms with van der Waals surface area (Å²) in [5.41, 5.74) is 0. The zero-order chi connectivity index (χ0) is 26.1. The third kappa shape index (κ3) is 29.9. The standard InChI is InChI=1S/C29H60NO4P/c1-5-6-7-8-9-10-11-12-13-14-15-16-17-18-19-20-21-22-23-24-25-26-28-33-35(31,32)34-29-27-30(2,3)4/h12-13H,5-11,14-29H2,1-4H3/p+1. The van der Waals surface area contributed by atoms with Crippen molar-refractivity contribution in [2.45, 2.75) is 135 Å². The van der Waals surface area contributed by atoms with E-state index in [1.165, 1.54) is 116 Å². The van der Waals surface area contributed by atoms with E-state index >= 15 is 0 Å². The van der Waals surface area contributed by atoms with Gasteiger partial charge in [-0.15, -0.1) is 0 Å². The van der Waals surface area contributed by atoms with Gasteiger partial charge in [0, 0.05) is 0 Å². The smallest absolute Gasteiger partial charge is 0.329 e. The molecule has 0 radical (unpaired) electrons. The number of phosphoric acid groups is 1. The Balaban J connectivity index is 3.27. The molecule has 210 valence electrons. The summed E-state index contributed by atoms with van der Waals surface area (Å²) in [6, 6.07) is 0. The second kappa shape index (κ2) is 24.2. The molecule has 0 fully saturated rings. The van der Waals surface area contributed by atoms with E-state index in [9.17, 15) is 9.46 Å². The van der Waals surface area contributed by atoms with Crippen molar-refractivity contribution in [3.8, 4) is 0 Å². The minimum absolute atomic E-state index is 0.230. The van der Waals surface area contributed by atoms with E-state index in [1.54, 1.807) is 0 Å². The predicted octanol–water partition coefficient (Wildman–Crippen LogP) is 9.20. The van der Waals surface area contributed by atoms with E-state index in [4.69, 9.17) is 9.05 Å². The highest BCUT2D eigenvalue weighted by atomic mass is 31.2. The van der Waals surface area contributed by atoms with Crippen LogP contribution in [0.15, 0.2) is 12.2 Å². The lowest BCUT2D eigenvalue weighted by Crippen LogP contribution is -2.37. The molecule has 0 heterocycles. The van der Waals surface area contributed by atoms with Crippen LogP contribution in [-0.4, -0.2) is 50.3 Å². The Morgan fingerprint density at radius 2 is 0.971 bits per heavy atom. The molecule has 0 spiro atoms. The highest BCUT2D eigenvalue weighted by Crippen LogP contribution is 2.43. The average molecular weight is 519 g/mol. The van der Waals surface area contributed by atoms with Crippen molar-refractivity contribution in [1.29, 1.82) is 0 Å². The van der Waals surface area contributed by atoms with Crippen molar-refractivity contribution in [1.82, 2.24) is 0 Å². The number of rotatable bonds is 27. The van der Waals surface area contributed by atoms with Gasteiger partial charge in [0.25, 0.3) is 0 Å². The number of hydrogen-bond donors (Lipinski definition) is 1. The van der Waals surface area contributed by atoms with E-state index in [0.29, 0.717) is 17.6 Å². The zero-order valence-corrected chi connectivity index (χ0v) is 24.9. The van der Waals surface area contributed by atoms with Gasteiger partial charge in [0.05, 0.1) is 27.7 Å². The predicted molar refractivity (Wildman–Crippen MR) is 152 cm³/mol. The van der Waals surface area contributed by atoms with Crippen LogP contribution in [0.5, 0.6) is 0 Å². The summed E-state index contributed by atoms with van der Waals surface area (Å²) in [5.74, 6) is 0. The summed E-state index contributed by atoms with van der Waals surface area (Å²) in [5, 5.41) is 0. The van der Waals surface area contributed by atoms with Crippen LogP contribution < -0.4 is 0 Å². The van der Waals surface area contributed by atoms with Crippen LogP contribution in [0.4, 0.5) is 0 Å². The Hall–Kier alpha value is -0.190. The topological polar surface area (TPSA) is 55.8 Å². The Bertz CT molecular complexity index is 519. The quantitative estimate of drug-likeness (QED) is 0.0509. The van der Waals surface area contributed by atoms with Gasteiger partial charge in [0.1, 0.15) is 13.2 Å². The first kappa shape index (κ1) is 34.8. The van der Waals surface area contributed by atoms with Crippen LogP contribution >= 0.6 is 7.82 Å². The van der Waals surface area contributed by atoms with E-state index < -0.39 is 7.82 Å². The Kier molecular flexibility index (Phi) is 24.0. The first-order valence-electron chi connectivity index (χ1n) is 14.8. The molecule has 0 aliphatic rings. The highest BCUT2D eigenvalue weighted by molar-refractivity contribution is 7.47. The Labute approximate surface area is 219 Å². The molecule has 35 heavy (non-hydrogen) atoms. The monoisotopic (exact) mass is 518 g/mol. The average Bonchev–Trinajstić information content (AvgIpc) is 2.78. The van der Waals surface area contributed by atoms with Crippen molar-refractivity contribution in [2.75, 3.05) is 40.9 Å². The summed E-state index contributed by atoms with van der Waals surface area (Å²) < 4.78 is 22.6. The van der Waals surface area contributed by atoms with Gasteiger partial charge in [-0.25, -0.2) is 4.57 Å². The fourth-order valence-electron chi connectivity index (χ4n) is 4.06. The van der Waals surface area contributed by atoms with E-state index in [2.05, 4.69) is 19.1 Å². The summed E-state index contributed by atoms with van der Waals surface area (Å²) in [4.78, 5) is 9.68. The molecule has 0 aliphatic heterocycles. The summed E-state index contributed by atoms with van der Waals surface area (Å²) in [6.07, 6.45) is 30.9. The molecule has 1 atom stereocenters. The van der Waals surface area contributed by atoms with Crippen molar-refractivity contribution in [2.24, 2.45) is 0 Å². The van der Waals surface area contributed by atoms with Gasteiger partial charge in [-0.1, -0.05) is 115 Å². The molecule has 0 saturated heterocycles. The molecule has 0 saturated carbocycles. The Morgan fingerprint density at radius 1 is 0.600 bits per heavy atom. The first-order valence-corrected chi connectivity index (χ1v) is 16.3. The molecule has 6 heteroatoms. The second-order valence-electron chi connectivity index (χ2n) is 11.2. The molecular weight excluding hydrogens is 457 g/mol. The molecule has 0 aromatic heterocycles. The fraction of sp³-hybridized carbons (Fsp3) is 0.931. The zero-order valence-electron chi connectivity index (χ0n) is 24.0. The number of nitrogens with zero attached hydrogens (tertiary/aromatic N) is 1. The van der Waals surface area contributed by atoms with Gasteiger partial charge in [-0.05, 0) is 32.1 Å². The molecule has 5 nitrogen and oxygen atoms in total. The SMILES string of the molecule is CCCCCCCCC=CCCCCCCCCCCCCCCOP(=O)(O)OCC[N+](C)(C)C. The summed E-state index contributed by atoms with van der Waals surface area (Å²) in [7, 11) is 2.17. The van der Waals surface area contributed by atoms with Gasteiger partial charge < -0.3 is 9.38 Å². The molecule has 0 rings (SSSR count). The molecule has 1 N–H and O–H groups in total. The third-order valence-electron chi connectivity index (χ3n) is 6.43. The van der Waals surface area contributed by atoms with Crippen LogP contribution in [-0.2, 0) is 13.6 Å². The lowest BCUT2D eigenvalue weighted by atomic mass is 10.0. The normalized spacial score (nSPS) is 14.1. The molecule has 0 aliphatic carbocycles. The van der Waals surface area contributed by atoms with Gasteiger partial charge in [-0.3, -0.25) is 9.05 Å². The third-order valence-corrected chi connectivity index (χ3v) is 7.44. The maximum atomic E-state index is 11.8. The van der Waals surface area contributed by atoms with Crippen molar-refractivity contribution in [3.63, 3.8) is 0 Å². The summed E-state index contributed by atoms with van der Waals surface area (Å²) >= 11 is 0. The maximum absolute atomic E-state index is 11.8. The van der Waals surface area contributed by atoms with E-state index in [0.717, 1.165) is 12.8 Å². The number of phosphoric ester groups is 1. The van der Waals surface area contributed by atoms with E-state index in [-0.39, 0.29) is 6.61 Å². The molecule has 0 aromatic rings. The van der Waals surface area contributed by atoms with Crippen LogP contribution in [0.25, 0.3) is 0 Å². The van der Waals surface area contributed by atoms with Crippen LogP contribution in [0, 0.1) is 0 Å². The summed E-state index contributed by atoms with van der Waals surface area (Å²) in [6.45, 7) is 3.48. The van der Waals surface area contributed by atoms with Crippen LogP contribution in [0.3, 0.4) is 0 Å². The number of unbranched alkanes of at least 4 members (excludes halogenated alkanes) is 18. The van der Waals surface area contributed by atoms with Gasteiger partial charge in [0.2, 0.25) is 0 Å². The molecule has 0 bridgehead atoms. The van der Waals surface area contributed by atoms with Gasteiger partial charge in [0.15, 0.2) is 0 Å². The van der Waals surface area contributed by atoms with Crippen molar-refractivity contribution < 1.29 is 23.0 Å². The van der Waals surface area contributed by atoms with Gasteiger partial charge in [-0.2, -0.15) is 0 Å². The minimum Gasteiger partial charge on any atom is -0.329 e. The van der Waals surface area contributed by atoms with Crippen molar-refractivity contribution in [3.05, 3.63) is 12.2 Å². The van der Waals surface area contributed by atoms with Crippen LogP contribution in [0.1, 0.15) is 135 Å². The van der Waals surface area contributed by atoms with Crippen molar-refractivity contribution >= 4 is 7.82 Å². The van der Waals surface area contributed by atoms with Crippen LogP contribution in [0.2, 0.25) is 0 Å². The minimum atomic E-state index is -3.89. The molecular formula is C29H61NO4P+. The lowest BCUT2D eigenvalue weighted by molar-refractivity contribution is -0.870. The number of hydrogen-bond acceptors (Lipinski definition) is 3. The largest absolute Gasteiger partial charge is 0.472 e.